The first-order valence-electron chi connectivity index (χ1n) is 9.93. The molecular weight excluding hydrogens is 386 g/mol. The van der Waals surface area contributed by atoms with Crippen LogP contribution in [0, 0.1) is 0 Å². The number of nitrogens with zero attached hydrogens (tertiary/aromatic N) is 2. The molecule has 8 nitrogen and oxygen atoms in total. The second kappa shape index (κ2) is 9.02. The zero-order chi connectivity index (χ0) is 20.9. The molecule has 0 aliphatic carbocycles. The highest BCUT2D eigenvalue weighted by molar-refractivity contribution is 5.80. The topological polar surface area (TPSA) is 73.8 Å². The van der Waals surface area contributed by atoms with Crippen molar-refractivity contribution in [1.82, 2.24) is 10.2 Å². The summed E-state index contributed by atoms with van der Waals surface area (Å²) in [6.45, 7) is 3.04. The Balaban J connectivity index is 1.31. The number of fused-ring (bicyclic) bond motifs is 2. The molecule has 4 rings (SSSR count). The number of hydrogen-bond acceptors (Lipinski definition) is 6. The third-order valence-corrected chi connectivity index (χ3v) is 5.23. The summed E-state index contributed by atoms with van der Waals surface area (Å²) in [7, 11) is 5.12. The molecule has 2 aromatic rings. The summed E-state index contributed by atoms with van der Waals surface area (Å²) in [5.74, 6) is 4.59. The number of benzene rings is 2. The molecule has 0 atom stereocenters. The van der Waals surface area contributed by atoms with Crippen molar-refractivity contribution in [2.45, 2.75) is 13.0 Å². The van der Waals surface area contributed by atoms with Crippen LogP contribution in [0.25, 0.3) is 0 Å². The summed E-state index contributed by atoms with van der Waals surface area (Å²) in [4.78, 5) is 6.67. The molecule has 0 saturated carbocycles. The van der Waals surface area contributed by atoms with Crippen LogP contribution in [0.4, 0.5) is 0 Å². The zero-order valence-electron chi connectivity index (χ0n) is 17.6. The predicted octanol–water partition coefficient (Wildman–Crippen LogP) is 2.45. The van der Waals surface area contributed by atoms with Gasteiger partial charge in [0.1, 0.15) is 12.4 Å². The molecular formula is C22H27N3O5. The third-order valence-electron chi connectivity index (χ3n) is 5.23. The van der Waals surface area contributed by atoms with Gasteiger partial charge in [-0.15, -0.1) is 0 Å². The van der Waals surface area contributed by atoms with E-state index in [0.29, 0.717) is 13.2 Å². The number of guanidine groups is 1. The maximum atomic E-state index is 5.82. The van der Waals surface area contributed by atoms with E-state index < -0.39 is 0 Å². The largest absolute Gasteiger partial charge is 0.493 e. The summed E-state index contributed by atoms with van der Waals surface area (Å²) in [5.41, 5.74) is 2.50. The van der Waals surface area contributed by atoms with E-state index in [-0.39, 0.29) is 6.79 Å². The molecule has 2 aliphatic heterocycles. The molecule has 2 aliphatic rings. The molecule has 30 heavy (non-hydrogen) atoms. The van der Waals surface area contributed by atoms with Crippen molar-refractivity contribution in [1.29, 1.82) is 0 Å². The van der Waals surface area contributed by atoms with Gasteiger partial charge in [-0.3, -0.25) is 4.99 Å². The van der Waals surface area contributed by atoms with Crippen LogP contribution in [0.3, 0.4) is 0 Å². The van der Waals surface area contributed by atoms with E-state index >= 15 is 0 Å². The summed E-state index contributed by atoms with van der Waals surface area (Å²) >= 11 is 0. The zero-order valence-corrected chi connectivity index (χ0v) is 17.6. The fourth-order valence-electron chi connectivity index (χ4n) is 3.69. The number of rotatable bonds is 6. The van der Waals surface area contributed by atoms with Crippen LogP contribution in [-0.2, 0) is 13.0 Å². The van der Waals surface area contributed by atoms with Crippen molar-refractivity contribution in [2.75, 3.05) is 47.8 Å². The molecule has 0 bridgehead atoms. The molecule has 0 unspecified atom stereocenters. The highest BCUT2D eigenvalue weighted by Crippen LogP contribution is 2.35. The van der Waals surface area contributed by atoms with Crippen LogP contribution in [0.2, 0.25) is 0 Å². The van der Waals surface area contributed by atoms with Gasteiger partial charge in [-0.05, 0) is 41.8 Å². The fourth-order valence-corrected chi connectivity index (χ4v) is 3.69. The normalized spacial score (nSPS) is 14.9. The number of nitrogens with one attached hydrogen (secondary N) is 1. The van der Waals surface area contributed by atoms with Crippen molar-refractivity contribution < 1.29 is 23.7 Å². The number of hydrogen-bond donors (Lipinski definition) is 1. The average Bonchev–Trinajstić information content (AvgIpc) is 3.25. The quantitative estimate of drug-likeness (QED) is 0.443. The maximum Gasteiger partial charge on any atom is 0.231 e. The van der Waals surface area contributed by atoms with Crippen LogP contribution in [0.5, 0.6) is 28.7 Å². The first-order chi connectivity index (χ1) is 14.7. The minimum Gasteiger partial charge on any atom is -0.493 e. The van der Waals surface area contributed by atoms with Gasteiger partial charge in [0.15, 0.2) is 29.0 Å². The molecule has 2 heterocycles. The molecule has 0 aromatic heterocycles. The molecule has 2 aromatic carbocycles. The van der Waals surface area contributed by atoms with Gasteiger partial charge in [0.2, 0.25) is 6.79 Å². The Morgan fingerprint density at radius 3 is 2.60 bits per heavy atom. The highest BCUT2D eigenvalue weighted by Gasteiger charge is 2.21. The third kappa shape index (κ3) is 4.17. The molecule has 160 valence electrons. The Labute approximate surface area is 176 Å². The minimum absolute atomic E-state index is 0.258. The second-order valence-electron chi connectivity index (χ2n) is 6.98. The van der Waals surface area contributed by atoms with E-state index in [0.717, 1.165) is 54.2 Å². The van der Waals surface area contributed by atoms with E-state index in [1.807, 2.05) is 18.2 Å². The summed E-state index contributed by atoms with van der Waals surface area (Å²) in [6.07, 6.45) is 0.921. The van der Waals surface area contributed by atoms with E-state index in [9.17, 15) is 0 Å². The van der Waals surface area contributed by atoms with Gasteiger partial charge in [-0.2, -0.15) is 0 Å². The van der Waals surface area contributed by atoms with Gasteiger partial charge in [0.05, 0.1) is 20.8 Å². The van der Waals surface area contributed by atoms with Crippen molar-refractivity contribution >= 4 is 5.96 Å². The number of methoxy groups -OCH3 is 2. The summed E-state index contributed by atoms with van der Waals surface area (Å²) in [6, 6.07) is 9.71. The van der Waals surface area contributed by atoms with E-state index in [4.69, 9.17) is 23.7 Å². The smallest absolute Gasteiger partial charge is 0.231 e. The van der Waals surface area contributed by atoms with E-state index in [2.05, 4.69) is 27.3 Å². The monoisotopic (exact) mass is 413 g/mol. The lowest BCUT2D eigenvalue weighted by atomic mass is 9.99. The number of aliphatic imine (C=N–C) groups is 1. The van der Waals surface area contributed by atoms with Gasteiger partial charge in [-0.25, -0.2) is 0 Å². The fraction of sp³-hybridized carbons (Fsp3) is 0.409. The van der Waals surface area contributed by atoms with E-state index in [1.54, 1.807) is 21.3 Å². The Morgan fingerprint density at radius 1 is 1.07 bits per heavy atom. The van der Waals surface area contributed by atoms with Crippen LogP contribution in [0.1, 0.15) is 11.1 Å². The molecule has 0 spiro atoms. The molecule has 0 saturated heterocycles. The van der Waals surface area contributed by atoms with Gasteiger partial charge in [0, 0.05) is 26.2 Å². The maximum absolute atomic E-state index is 5.82. The van der Waals surface area contributed by atoms with Crippen LogP contribution < -0.4 is 29.0 Å². The number of ether oxygens (including phenoxy) is 5. The van der Waals surface area contributed by atoms with Gasteiger partial charge in [0.25, 0.3) is 0 Å². The Morgan fingerprint density at radius 2 is 1.83 bits per heavy atom. The van der Waals surface area contributed by atoms with Crippen molar-refractivity contribution in [3.8, 4) is 28.7 Å². The highest BCUT2D eigenvalue weighted by atomic mass is 16.7. The van der Waals surface area contributed by atoms with Gasteiger partial charge >= 0.3 is 0 Å². The van der Waals surface area contributed by atoms with E-state index in [1.165, 1.54) is 11.1 Å². The SMILES string of the molecule is CN=C(NCCOc1ccc2c(c1)OCO2)N1CCc2cc(OC)c(OC)cc2C1. The molecule has 0 fully saturated rings. The van der Waals surface area contributed by atoms with Crippen molar-refractivity contribution in [2.24, 2.45) is 4.99 Å². The van der Waals surface area contributed by atoms with Crippen LogP contribution >= 0.6 is 0 Å². The van der Waals surface area contributed by atoms with Gasteiger partial charge in [-0.1, -0.05) is 0 Å². The molecule has 1 N–H and O–H groups in total. The Bertz CT molecular complexity index is 931. The molecule has 8 heteroatoms. The molecule has 0 radical (unpaired) electrons. The summed E-state index contributed by atoms with van der Waals surface area (Å²) in [5, 5.41) is 3.38. The van der Waals surface area contributed by atoms with Crippen LogP contribution in [0.15, 0.2) is 35.3 Å². The van der Waals surface area contributed by atoms with Crippen LogP contribution in [-0.4, -0.2) is 58.6 Å². The lowest BCUT2D eigenvalue weighted by Crippen LogP contribution is -2.45. The lowest BCUT2D eigenvalue weighted by Gasteiger charge is -2.32. The second-order valence-corrected chi connectivity index (χ2v) is 6.98. The Hall–Kier alpha value is -3.29. The minimum atomic E-state index is 0.258. The van der Waals surface area contributed by atoms with Crippen molar-refractivity contribution in [3.63, 3.8) is 0 Å². The Kier molecular flexibility index (Phi) is 6.02. The van der Waals surface area contributed by atoms with Crippen molar-refractivity contribution in [3.05, 3.63) is 41.5 Å². The first-order valence-corrected chi connectivity index (χ1v) is 9.93. The standard InChI is InChI=1S/C22H27N3O5/c1-23-22(24-7-9-28-17-4-5-18-21(12-17)30-14-29-18)25-8-6-15-10-19(26-2)20(27-3)11-16(15)13-25/h4-5,10-12H,6-9,13-14H2,1-3H3,(H,23,24). The average molecular weight is 413 g/mol. The first kappa shape index (κ1) is 20.0. The van der Waals surface area contributed by atoms with Gasteiger partial charge < -0.3 is 33.9 Å². The summed E-state index contributed by atoms with van der Waals surface area (Å²) < 4.78 is 27.4. The molecule has 0 amide bonds. The lowest BCUT2D eigenvalue weighted by molar-refractivity contribution is 0.173. The predicted molar refractivity (Wildman–Crippen MR) is 113 cm³/mol.